The first-order valence-electron chi connectivity index (χ1n) is 6.30. The largest absolute Gasteiger partial charge is 0.480 e. The predicted octanol–water partition coefficient (Wildman–Crippen LogP) is -0.145. The zero-order chi connectivity index (χ0) is 15.7. The molecule has 8 nitrogen and oxygen atoms in total. The minimum Gasteiger partial charge on any atom is -0.480 e. The molecule has 0 bridgehead atoms. The SMILES string of the molecule is NC(N)=NCCC[C@H](NOC(=O)c1ccccc1)C(=O)O. The van der Waals surface area contributed by atoms with Gasteiger partial charge in [-0.2, -0.15) is 0 Å². The number of carbonyl (C=O) groups is 2. The number of hydrogen-bond acceptors (Lipinski definition) is 5. The number of nitrogens with two attached hydrogens (primary N) is 2. The van der Waals surface area contributed by atoms with E-state index in [-0.39, 0.29) is 12.4 Å². The van der Waals surface area contributed by atoms with Crippen LogP contribution >= 0.6 is 0 Å². The van der Waals surface area contributed by atoms with E-state index in [1.54, 1.807) is 30.3 Å². The highest BCUT2D eigenvalue weighted by molar-refractivity contribution is 5.89. The van der Waals surface area contributed by atoms with Crippen molar-refractivity contribution in [1.29, 1.82) is 0 Å². The molecule has 21 heavy (non-hydrogen) atoms. The Labute approximate surface area is 121 Å². The van der Waals surface area contributed by atoms with Gasteiger partial charge in [-0.05, 0) is 25.0 Å². The minimum absolute atomic E-state index is 0.0506. The number of nitrogens with one attached hydrogen (secondary N) is 1. The van der Waals surface area contributed by atoms with Gasteiger partial charge in [0.1, 0.15) is 6.04 Å². The first-order chi connectivity index (χ1) is 10.0. The number of carboxylic acid groups (broad SMARTS) is 1. The monoisotopic (exact) mass is 294 g/mol. The maximum absolute atomic E-state index is 11.7. The fraction of sp³-hybridized carbons (Fsp3) is 0.308. The molecule has 0 heterocycles. The van der Waals surface area contributed by atoms with Crippen molar-refractivity contribution in [3.63, 3.8) is 0 Å². The third kappa shape index (κ3) is 6.39. The molecule has 0 saturated carbocycles. The van der Waals surface area contributed by atoms with E-state index in [1.165, 1.54) is 0 Å². The van der Waals surface area contributed by atoms with Crippen molar-refractivity contribution in [2.24, 2.45) is 16.5 Å². The van der Waals surface area contributed by atoms with Crippen molar-refractivity contribution >= 4 is 17.9 Å². The number of nitrogens with zero attached hydrogens (tertiary/aromatic N) is 1. The number of carboxylic acids is 1. The van der Waals surface area contributed by atoms with Crippen LogP contribution in [0.5, 0.6) is 0 Å². The number of aliphatic imine (C=N–C) groups is 1. The van der Waals surface area contributed by atoms with Crippen molar-refractivity contribution in [3.8, 4) is 0 Å². The van der Waals surface area contributed by atoms with Crippen LogP contribution in [0.4, 0.5) is 0 Å². The van der Waals surface area contributed by atoms with Crippen LogP contribution in [0.2, 0.25) is 0 Å². The number of aliphatic carboxylic acids is 1. The van der Waals surface area contributed by atoms with Gasteiger partial charge in [0, 0.05) is 6.54 Å². The lowest BCUT2D eigenvalue weighted by atomic mass is 10.2. The second-order valence-electron chi connectivity index (χ2n) is 4.21. The summed E-state index contributed by atoms with van der Waals surface area (Å²) >= 11 is 0. The maximum Gasteiger partial charge on any atom is 0.356 e. The molecule has 0 radical (unpaired) electrons. The molecule has 1 atom stereocenters. The lowest BCUT2D eigenvalue weighted by Crippen LogP contribution is -2.38. The summed E-state index contributed by atoms with van der Waals surface area (Å²) in [6, 6.07) is 7.23. The minimum atomic E-state index is -1.12. The lowest BCUT2D eigenvalue weighted by molar-refractivity contribution is -0.142. The van der Waals surface area contributed by atoms with Crippen LogP contribution in [-0.2, 0) is 9.63 Å². The Balaban J connectivity index is 2.42. The molecule has 1 aromatic rings. The van der Waals surface area contributed by atoms with Crippen molar-refractivity contribution in [3.05, 3.63) is 35.9 Å². The average molecular weight is 294 g/mol. The maximum atomic E-state index is 11.7. The highest BCUT2D eigenvalue weighted by Crippen LogP contribution is 2.02. The predicted molar refractivity (Wildman–Crippen MR) is 76.3 cm³/mol. The Hall–Kier alpha value is -2.61. The molecule has 0 unspecified atom stereocenters. The molecule has 114 valence electrons. The molecule has 8 heteroatoms. The highest BCUT2D eigenvalue weighted by atomic mass is 16.7. The molecule has 0 aliphatic rings. The quantitative estimate of drug-likeness (QED) is 0.226. The molecular formula is C13H18N4O4. The van der Waals surface area contributed by atoms with E-state index >= 15 is 0 Å². The normalized spacial score (nSPS) is 11.4. The Morgan fingerprint density at radius 3 is 2.52 bits per heavy atom. The van der Waals surface area contributed by atoms with Gasteiger partial charge in [0.05, 0.1) is 5.56 Å². The number of carbonyl (C=O) groups excluding carboxylic acids is 1. The molecule has 0 aromatic heterocycles. The van der Waals surface area contributed by atoms with Crippen LogP contribution in [0.15, 0.2) is 35.3 Å². The summed E-state index contributed by atoms with van der Waals surface area (Å²) in [5.74, 6) is -1.82. The summed E-state index contributed by atoms with van der Waals surface area (Å²) in [6.45, 7) is 0.306. The van der Waals surface area contributed by atoms with E-state index in [4.69, 9.17) is 21.4 Å². The zero-order valence-electron chi connectivity index (χ0n) is 11.4. The third-order valence-electron chi connectivity index (χ3n) is 2.55. The molecule has 6 N–H and O–H groups in total. The molecular weight excluding hydrogens is 276 g/mol. The van der Waals surface area contributed by atoms with Gasteiger partial charge in [0.25, 0.3) is 0 Å². The van der Waals surface area contributed by atoms with E-state index in [1.807, 2.05) is 0 Å². The topological polar surface area (TPSA) is 140 Å². The van der Waals surface area contributed by atoms with Crippen LogP contribution in [0.3, 0.4) is 0 Å². The van der Waals surface area contributed by atoms with Crippen molar-refractivity contribution in [2.75, 3.05) is 6.54 Å². The van der Waals surface area contributed by atoms with Crippen molar-refractivity contribution in [1.82, 2.24) is 5.48 Å². The standard InChI is InChI=1S/C13H18N4O4/c14-13(15)16-8-4-7-10(11(18)19)17-21-12(20)9-5-2-1-3-6-9/h1-3,5-6,10,17H,4,7-8H2,(H,18,19)(H4,14,15,16)/t10-/m0/s1. The summed E-state index contributed by atoms with van der Waals surface area (Å²) in [4.78, 5) is 31.2. The summed E-state index contributed by atoms with van der Waals surface area (Å²) in [6.07, 6.45) is 0.652. The van der Waals surface area contributed by atoms with Crippen molar-refractivity contribution in [2.45, 2.75) is 18.9 Å². The molecule has 0 aliphatic heterocycles. The highest BCUT2D eigenvalue weighted by Gasteiger charge is 2.19. The van der Waals surface area contributed by atoms with Crippen LogP contribution < -0.4 is 16.9 Å². The van der Waals surface area contributed by atoms with E-state index in [0.29, 0.717) is 18.5 Å². The first-order valence-corrected chi connectivity index (χ1v) is 6.30. The fourth-order valence-electron chi connectivity index (χ4n) is 1.49. The Bertz CT molecular complexity index is 500. The molecule has 0 amide bonds. The number of benzene rings is 1. The molecule has 0 saturated heterocycles. The Kier molecular flexibility index (Phi) is 6.69. The summed E-state index contributed by atoms with van der Waals surface area (Å²) < 4.78 is 0. The van der Waals surface area contributed by atoms with Crippen LogP contribution in [-0.4, -0.2) is 35.6 Å². The molecule has 0 aliphatic carbocycles. The number of hydroxylamine groups is 1. The van der Waals surface area contributed by atoms with Gasteiger partial charge < -0.3 is 21.4 Å². The van der Waals surface area contributed by atoms with Gasteiger partial charge in [-0.3, -0.25) is 9.79 Å². The van der Waals surface area contributed by atoms with E-state index in [0.717, 1.165) is 0 Å². The van der Waals surface area contributed by atoms with Crippen LogP contribution in [0.25, 0.3) is 0 Å². The molecule has 1 aromatic carbocycles. The smallest absolute Gasteiger partial charge is 0.356 e. The summed E-state index contributed by atoms with van der Waals surface area (Å²) in [5.41, 5.74) is 12.9. The van der Waals surface area contributed by atoms with Gasteiger partial charge in [0.15, 0.2) is 5.96 Å². The second-order valence-corrected chi connectivity index (χ2v) is 4.21. The summed E-state index contributed by atoms with van der Waals surface area (Å²) in [5, 5.41) is 9.03. The fourth-order valence-corrected chi connectivity index (χ4v) is 1.49. The van der Waals surface area contributed by atoms with E-state index in [9.17, 15) is 9.59 Å². The molecule has 0 fully saturated rings. The first kappa shape index (κ1) is 16.4. The van der Waals surface area contributed by atoms with Gasteiger partial charge in [-0.1, -0.05) is 18.2 Å². The van der Waals surface area contributed by atoms with Crippen LogP contribution in [0.1, 0.15) is 23.2 Å². The lowest BCUT2D eigenvalue weighted by Gasteiger charge is -2.13. The third-order valence-corrected chi connectivity index (χ3v) is 2.55. The van der Waals surface area contributed by atoms with E-state index < -0.39 is 18.0 Å². The van der Waals surface area contributed by atoms with Gasteiger partial charge in [-0.15, -0.1) is 5.48 Å². The number of guanidine groups is 1. The Morgan fingerprint density at radius 1 is 1.29 bits per heavy atom. The van der Waals surface area contributed by atoms with Gasteiger partial charge in [-0.25, -0.2) is 4.79 Å². The molecule has 1 rings (SSSR count). The van der Waals surface area contributed by atoms with Crippen LogP contribution in [0, 0.1) is 0 Å². The Morgan fingerprint density at radius 2 is 1.95 bits per heavy atom. The average Bonchev–Trinajstić information content (AvgIpc) is 2.46. The number of rotatable bonds is 8. The van der Waals surface area contributed by atoms with E-state index in [2.05, 4.69) is 10.5 Å². The van der Waals surface area contributed by atoms with Crippen molar-refractivity contribution < 1.29 is 19.5 Å². The second kappa shape index (κ2) is 8.54. The van der Waals surface area contributed by atoms with Gasteiger partial charge in [0.2, 0.25) is 0 Å². The number of hydrogen-bond donors (Lipinski definition) is 4. The van der Waals surface area contributed by atoms with Gasteiger partial charge >= 0.3 is 11.9 Å². The summed E-state index contributed by atoms with van der Waals surface area (Å²) in [7, 11) is 0. The molecule has 0 spiro atoms. The zero-order valence-corrected chi connectivity index (χ0v) is 11.4.